The minimum Gasteiger partial charge on any atom is -0.128 e. The Morgan fingerprint density at radius 3 is 2.00 bits per heavy atom. The highest BCUT2D eigenvalue weighted by Gasteiger charge is 1.59. The lowest BCUT2D eigenvalue weighted by atomic mass is 10.1. The van der Waals surface area contributed by atoms with Crippen LogP contribution in [-0.4, -0.2) is 13.7 Å². The third-order valence-corrected chi connectivity index (χ3v) is 0.327. The summed E-state index contributed by atoms with van der Waals surface area (Å²) in [5, 5.41) is 0. The Kier molecular flexibility index (Phi) is 3.65. The van der Waals surface area contributed by atoms with Crippen molar-refractivity contribution in [1.82, 2.24) is 0 Å². The van der Waals surface area contributed by atoms with Gasteiger partial charge in [-0.05, 0) is 0 Å². The molecule has 0 heterocycles. The fourth-order valence-corrected chi connectivity index (χ4v) is 0. The van der Waals surface area contributed by atoms with E-state index in [1.54, 1.807) is 0 Å². The monoisotopic (exact) mass is 74.0 g/mol. The quantitative estimate of drug-likeness (QED) is 0.319. The van der Waals surface area contributed by atoms with Gasteiger partial charge in [0.05, 0.1) is 7.85 Å². The van der Waals surface area contributed by atoms with Crippen LogP contribution in [0.2, 0.25) is 6.32 Å². The molecule has 0 unspecified atom stereocenters. The zero-order chi connectivity index (χ0) is 3.41. The fourth-order valence-electron chi connectivity index (χ4n) is 0. The summed E-state index contributed by atoms with van der Waals surface area (Å²) in [4.78, 5) is 0. The van der Waals surface area contributed by atoms with E-state index in [4.69, 9.17) is 19.4 Å². The van der Waals surface area contributed by atoms with Crippen LogP contribution in [-0.2, 0) is 0 Å². The van der Waals surface area contributed by atoms with E-state index in [9.17, 15) is 0 Å². The van der Waals surface area contributed by atoms with Gasteiger partial charge in [0.1, 0.15) is 0 Å². The smallest absolute Gasteiger partial charge is 0.0669 e. The summed E-state index contributed by atoms with van der Waals surface area (Å²) in [6.45, 7) is 0. The highest BCUT2D eigenvalue weighted by atomic mass is 35.5. The van der Waals surface area contributed by atoms with Crippen LogP contribution in [0.4, 0.5) is 0 Å². The lowest BCUT2D eigenvalue weighted by Gasteiger charge is -1.65. The van der Waals surface area contributed by atoms with E-state index in [0.717, 1.165) is 0 Å². The van der Waals surface area contributed by atoms with Crippen molar-refractivity contribution in [2.75, 3.05) is 5.88 Å². The molecule has 0 spiro atoms. The summed E-state index contributed by atoms with van der Waals surface area (Å²) in [7, 11) is 4.90. The van der Waals surface area contributed by atoms with Crippen LogP contribution < -0.4 is 0 Å². The van der Waals surface area contributed by atoms with Crippen molar-refractivity contribution in [3.8, 4) is 0 Å². The van der Waals surface area contributed by atoms with E-state index in [2.05, 4.69) is 0 Å². The van der Waals surface area contributed by atoms with Crippen LogP contribution in [0.1, 0.15) is 0 Å². The molecular weight excluding hydrogens is 70.3 g/mol. The summed E-state index contributed by atoms with van der Waals surface area (Å²) in [5.41, 5.74) is 0. The zero-order valence-corrected chi connectivity index (χ0v) is 3.13. The van der Waals surface area contributed by atoms with Crippen molar-refractivity contribution in [1.29, 1.82) is 0 Å². The topological polar surface area (TPSA) is 0 Å². The first-order valence-corrected chi connectivity index (χ1v) is 1.71. The normalized spacial score (nSPS) is 7.25. The van der Waals surface area contributed by atoms with Crippen molar-refractivity contribution >= 4 is 19.4 Å². The van der Waals surface area contributed by atoms with Gasteiger partial charge in [-0.1, -0.05) is 6.32 Å². The second-order valence-corrected chi connectivity index (χ2v) is 0.856. The van der Waals surface area contributed by atoms with Gasteiger partial charge >= 0.3 is 0 Å². The zero-order valence-electron chi connectivity index (χ0n) is 2.37. The Balaban J connectivity index is 1.97. The largest absolute Gasteiger partial charge is 0.128 e. The van der Waals surface area contributed by atoms with Gasteiger partial charge in [0.25, 0.3) is 0 Å². The summed E-state index contributed by atoms with van der Waals surface area (Å²) in [5.74, 6) is 0.569. The Morgan fingerprint density at radius 2 is 2.00 bits per heavy atom. The predicted octanol–water partition coefficient (Wildman–Crippen LogP) is 0.812. The molecule has 0 rings (SSSR count). The standard InChI is InChI=1S/C2H4BCl/c3-1-2-4/h1-2H2. The van der Waals surface area contributed by atoms with Crippen LogP contribution in [0, 0.1) is 0 Å². The van der Waals surface area contributed by atoms with Crippen molar-refractivity contribution in [2.45, 2.75) is 6.32 Å². The first kappa shape index (κ1) is 4.35. The molecule has 0 atom stereocenters. The van der Waals surface area contributed by atoms with Gasteiger partial charge in [-0.2, -0.15) is 0 Å². The van der Waals surface area contributed by atoms with E-state index in [1.165, 1.54) is 0 Å². The average Bonchev–Trinajstić information content (AvgIpc) is 1.37. The Labute approximate surface area is 32.6 Å². The highest BCUT2D eigenvalue weighted by Crippen LogP contribution is 1.73. The van der Waals surface area contributed by atoms with E-state index < -0.39 is 0 Å². The molecule has 0 N–H and O–H groups in total. The van der Waals surface area contributed by atoms with Crippen molar-refractivity contribution in [3.63, 3.8) is 0 Å². The van der Waals surface area contributed by atoms with Gasteiger partial charge < -0.3 is 0 Å². The maximum atomic E-state index is 5.06. The molecular formula is C2H4BCl. The maximum absolute atomic E-state index is 5.06. The molecule has 0 nitrogen and oxygen atoms in total. The minimum atomic E-state index is 0.569. The number of alkyl halides is 1. The van der Waals surface area contributed by atoms with Crippen molar-refractivity contribution < 1.29 is 0 Å². The van der Waals surface area contributed by atoms with Crippen molar-refractivity contribution in [3.05, 3.63) is 0 Å². The number of rotatable bonds is 1. The summed E-state index contributed by atoms with van der Waals surface area (Å²) >= 11 is 5.06. The predicted molar refractivity (Wildman–Crippen MR) is 21.3 cm³/mol. The van der Waals surface area contributed by atoms with Gasteiger partial charge in [0.2, 0.25) is 0 Å². The molecule has 0 amide bonds. The lowest BCUT2D eigenvalue weighted by Crippen LogP contribution is -1.62. The molecule has 22 valence electrons. The van der Waals surface area contributed by atoms with E-state index in [0.29, 0.717) is 12.2 Å². The minimum absolute atomic E-state index is 0.569. The molecule has 2 radical (unpaired) electrons. The van der Waals surface area contributed by atoms with Crippen LogP contribution in [0.5, 0.6) is 0 Å². The second kappa shape index (κ2) is 3.35. The highest BCUT2D eigenvalue weighted by molar-refractivity contribution is 6.22. The SMILES string of the molecule is [B]CCCl. The summed E-state index contributed by atoms with van der Waals surface area (Å²) in [6, 6.07) is 0. The van der Waals surface area contributed by atoms with E-state index in [1.807, 2.05) is 0 Å². The molecule has 0 saturated carbocycles. The average molecular weight is 74.3 g/mol. The maximum Gasteiger partial charge on any atom is 0.0669 e. The Hall–Kier alpha value is 0.355. The number of hydrogen-bond acceptors (Lipinski definition) is 0. The third kappa shape index (κ3) is 2.35. The van der Waals surface area contributed by atoms with Gasteiger partial charge in [-0.15, -0.1) is 11.6 Å². The van der Waals surface area contributed by atoms with Gasteiger partial charge in [-0.25, -0.2) is 0 Å². The van der Waals surface area contributed by atoms with Gasteiger partial charge in [0.15, 0.2) is 0 Å². The molecule has 0 saturated heterocycles. The Morgan fingerprint density at radius 1 is 1.75 bits per heavy atom. The van der Waals surface area contributed by atoms with Crippen LogP contribution in [0.15, 0.2) is 0 Å². The van der Waals surface area contributed by atoms with Crippen molar-refractivity contribution in [2.24, 2.45) is 0 Å². The molecule has 0 fully saturated rings. The fraction of sp³-hybridized carbons (Fsp3) is 1.00. The summed E-state index contributed by atoms with van der Waals surface area (Å²) in [6.07, 6.45) is 0.585. The molecule has 0 bridgehead atoms. The number of hydrogen-bond donors (Lipinski definition) is 0. The van der Waals surface area contributed by atoms with Crippen LogP contribution >= 0.6 is 11.6 Å². The first-order valence-electron chi connectivity index (χ1n) is 1.18. The molecule has 0 aromatic carbocycles. The Bertz CT molecular complexity index is 8.00. The molecule has 4 heavy (non-hydrogen) atoms. The number of halogens is 1. The van der Waals surface area contributed by atoms with Crippen LogP contribution in [0.25, 0.3) is 0 Å². The lowest BCUT2D eigenvalue weighted by molar-refractivity contribution is 1.49. The second-order valence-electron chi connectivity index (χ2n) is 0.478. The van der Waals surface area contributed by atoms with Gasteiger partial charge in [0, 0.05) is 5.88 Å². The first-order chi connectivity index (χ1) is 1.91. The van der Waals surface area contributed by atoms with E-state index >= 15 is 0 Å². The molecule has 0 aromatic heterocycles. The molecule has 2 heteroatoms. The van der Waals surface area contributed by atoms with Gasteiger partial charge in [-0.3, -0.25) is 0 Å². The molecule has 0 aromatic rings. The molecule has 0 aliphatic rings. The molecule has 0 aliphatic heterocycles. The summed E-state index contributed by atoms with van der Waals surface area (Å²) < 4.78 is 0. The van der Waals surface area contributed by atoms with E-state index in [-0.39, 0.29) is 0 Å². The van der Waals surface area contributed by atoms with Crippen LogP contribution in [0.3, 0.4) is 0 Å². The third-order valence-electron chi connectivity index (χ3n) is 0.109. The molecule has 0 aliphatic carbocycles.